The van der Waals surface area contributed by atoms with Crippen LogP contribution in [0, 0.1) is 0 Å². The van der Waals surface area contributed by atoms with Crippen molar-refractivity contribution in [1.29, 1.82) is 0 Å². The monoisotopic (exact) mass is 514 g/mol. The fraction of sp³-hybridized carbons (Fsp3) is 0.211. The molecule has 1 atom stereocenters. The number of carbonyl (C=O) groups is 1. The van der Waals surface area contributed by atoms with Gasteiger partial charge in [0.05, 0.1) is 21.5 Å². The Hall–Kier alpha value is -1.74. The van der Waals surface area contributed by atoms with Crippen molar-refractivity contribution in [2.24, 2.45) is 7.05 Å². The molecule has 3 aromatic rings. The molecule has 152 valence electrons. The highest BCUT2D eigenvalue weighted by atomic mass is 79.9. The smallest absolute Gasteiger partial charge is 0.234 e. The average molecular weight is 516 g/mol. The van der Waals surface area contributed by atoms with Gasteiger partial charge in [0.2, 0.25) is 5.91 Å². The fourth-order valence-electron chi connectivity index (χ4n) is 2.49. The molecule has 0 fully saturated rings. The van der Waals surface area contributed by atoms with Gasteiger partial charge in [-0.3, -0.25) is 4.79 Å². The zero-order valence-electron chi connectivity index (χ0n) is 15.5. The Labute approximate surface area is 191 Å². The molecule has 0 spiro atoms. The summed E-state index contributed by atoms with van der Waals surface area (Å²) in [5.41, 5.74) is 0.472. The third kappa shape index (κ3) is 5.66. The summed E-state index contributed by atoms with van der Waals surface area (Å²) in [6, 6.07) is 12.6. The van der Waals surface area contributed by atoms with E-state index in [0.29, 0.717) is 26.7 Å². The van der Waals surface area contributed by atoms with Crippen LogP contribution in [0.3, 0.4) is 0 Å². The van der Waals surface area contributed by atoms with Crippen LogP contribution in [0.2, 0.25) is 10.0 Å². The summed E-state index contributed by atoms with van der Waals surface area (Å²) in [6.07, 6.45) is -0.304. The number of anilines is 1. The average Bonchev–Trinajstić information content (AvgIpc) is 3.06. The number of hydrogen-bond donors (Lipinski definition) is 1. The number of carbonyl (C=O) groups excluding carboxylic acids is 1. The zero-order chi connectivity index (χ0) is 21.0. The van der Waals surface area contributed by atoms with Crippen LogP contribution < -0.4 is 10.1 Å². The molecule has 0 aliphatic rings. The second-order valence-electron chi connectivity index (χ2n) is 6.05. The van der Waals surface area contributed by atoms with E-state index in [0.717, 1.165) is 10.2 Å². The van der Waals surface area contributed by atoms with E-state index in [1.165, 1.54) is 11.8 Å². The highest BCUT2D eigenvalue weighted by Gasteiger charge is 2.18. The number of halogens is 3. The minimum atomic E-state index is -0.304. The molecule has 0 aliphatic carbocycles. The Bertz CT molecular complexity index is 1010. The van der Waals surface area contributed by atoms with Crippen LogP contribution in [-0.4, -0.2) is 26.4 Å². The van der Waals surface area contributed by atoms with Crippen LogP contribution in [0.15, 0.2) is 52.1 Å². The molecule has 2 aromatic carbocycles. The van der Waals surface area contributed by atoms with Gasteiger partial charge in [0.15, 0.2) is 17.1 Å². The van der Waals surface area contributed by atoms with E-state index in [9.17, 15) is 4.79 Å². The van der Waals surface area contributed by atoms with Crippen molar-refractivity contribution in [3.8, 4) is 5.75 Å². The van der Waals surface area contributed by atoms with E-state index in [1.807, 2.05) is 42.8 Å². The third-order valence-electron chi connectivity index (χ3n) is 3.92. The molecule has 0 aliphatic heterocycles. The number of ether oxygens (including phenoxy) is 1. The van der Waals surface area contributed by atoms with Gasteiger partial charge in [-0.05, 0) is 43.3 Å². The van der Waals surface area contributed by atoms with Crippen molar-refractivity contribution >= 4 is 62.5 Å². The largest absolute Gasteiger partial charge is 0.483 e. The molecule has 0 bridgehead atoms. The van der Waals surface area contributed by atoms with E-state index in [1.54, 1.807) is 18.2 Å². The van der Waals surface area contributed by atoms with E-state index < -0.39 is 0 Å². The molecule has 3 rings (SSSR count). The Balaban J connectivity index is 1.59. The topological polar surface area (TPSA) is 69.0 Å². The zero-order valence-corrected chi connectivity index (χ0v) is 19.4. The first-order valence-electron chi connectivity index (χ1n) is 8.53. The van der Waals surface area contributed by atoms with Gasteiger partial charge in [-0.25, -0.2) is 0 Å². The molecular formula is C19H17BrCl2N4O2S. The minimum absolute atomic E-state index is 0.150. The molecule has 0 saturated carbocycles. The molecule has 1 heterocycles. The first kappa shape index (κ1) is 22.0. The summed E-state index contributed by atoms with van der Waals surface area (Å²) in [5.74, 6) is 1.32. The van der Waals surface area contributed by atoms with Gasteiger partial charge >= 0.3 is 0 Å². The van der Waals surface area contributed by atoms with Gasteiger partial charge < -0.3 is 14.6 Å². The quantitative estimate of drug-likeness (QED) is 0.405. The normalized spacial score (nSPS) is 11.9. The van der Waals surface area contributed by atoms with Crippen molar-refractivity contribution in [3.63, 3.8) is 0 Å². The van der Waals surface area contributed by atoms with E-state index in [2.05, 4.69) is 31.4 Å². The van der Waals surface area contributed by atoms with Gasteiger partial charge in [0.1, 0.15) is 5.75 Å². The second-order valence-corrected chi connectivity index (χ2v) is 8.70. The van der Waals surface area contributed by atoms with Crippen molar-refractivity contribution in [1.82, 2.24) is 14.8 Å². The molecule has 29 heavy (non-hydrogen) atoms. The fourth-order valence-corrected chi connectivity index (χ4v) is 3.82. The standard InChI is InChI=1S/C19H17BrCl2N4O2S/c1-11(28-13-8-6-12(20)7-9-13)18-24-25-19(26(18)2)29-10-16(27)23-15-5-3-4-14(21)17(15)22/h3-9,11H,10H2,1-2H3,(H,23,27). The highest BCUT2D eigenvalue weighted by molar-refractivity contribution is 9.10. The lowest BCUT2D eigenvalue weighted by Gasteiger charge is -2.14. The molecule has 6 nitrogen and oxygen atoms in total. The number of thioether (sulfide) groups is 1. The van der Waals surface area contributed by atoms with Crippen molar-refractivity contribution in [3.05, 3.63) is 62.8 Å². The second kappa shape index (κ2) is 9.84. The molecule has 10 heteroatoms. The third-order valence-corrected chi connectivity index (χ3v) is 6.28. The van der Waals surface area contributed by atoms with Crippen molar-refractivity contribution < 1.29 is 9.53 Å². The molecule has 1 unspecified atom stereocenters. The molecule has 0 radical (unpaired) electrons. The van der Waals surface area contributed by atoms with Gasteiger partial charge in [-0.1, -0.05) is 57.0 Å². The number of hydrogen-bond acceptors (Lipinski definition) is 5. The summed E-state index contributed by atoms with van der Waals surface area (Å²) < 4.78 is 8.71. The van der Waals surface area contributed by atoms with Crippen molar-refractivity contribution in [2.75, 3.05) is 11.1 Å². The molecule has 0 saturated heterocycles. The van der Waals surface area contributed by atoms with Crippen LogP contribution in [0.4, 0.5) is 5.69 Å². The Kier molecular flexibility index (Phi) is 7.45. The first-order valence-corrected chi connectivity index (χ1v) is 11.1. The lowest BCUT2D eigenvalue weighted by Crippen LogP contribution is -2.15. The summed E-state index contributed by atoms with van der Waals surface area (Å²) in [6.45, 7) is 1.90. The van der Waals surface area contributed by atoms with Crippen LogP contribution in [0.1, 0.15) is 18.9 Å². The van der Waals surface area contributed by atoms with Gasteiger partial charge in [-0.2, -0.15) is 0 Å². The Morgan fingerprint density at radius 3 is 2.69 bits per heavy atom. The number of benzene rings is 2. The van der Waals surface area contributed by atoms with Crippen LogP contribution in [-0.2, 0) is 11.8 Å². The van der Waals surface area contributed by atoms with Crippen LogP contribution in [0.25, 0.3) is 0 Å². The van der Waals surface area contributed by atoms with E-state index in [-0.39, 0.29) is 17.8 Å². The Morgan fingerprint density at radius 1 is 1.24 bits per heavy atom. The lowest BCUT2D eigenvalue weighted by atomic mass is 10.3. The minimum Gasteiger partial charge on any atom is -0.483 e. The van der Waals surface area contributed by atoms with Gasteiger partial charge in [0.25, 0.3) is 0 Å². The maximum absolute atomic E-state index is 12.3. The molecule has 1 amide bonds. The number of aromatic nitrogens is 3. The number of nitrogens with zero attached hydrogens (tertiary/aromatic N) is 3. The van der Waals surface area contributed by atoms with Crippen LogP contribution in [0.5, 0.6) is 5.75 Å². The molecule has 1 aromatic heterocycles. The number of amides is 1. The highest BCUT2D eigenvalue weighted by Crippen LogP contribution is 2.30. The SMILES string of the molecule is CC(Oc1ccc(Br)cc1)c1nnc(SCC(=O)Nc2cccc(Cl)c2Cl)n1C. The molecule has 1 N–H and O–H groups in total. The summed E-state index contributed by atoms with van der Waals surface area (Å²) in [7, 11) is 1.84. The summed E-state index contributed by atoms with van der Waals surface area (Å²) >= 11 is 16.7. The van der Waals surface area contributed by atoms with E-state index >= 15 is 0 Å². The lowest BCUT2D eigenvalue weighted by molar-refractivity contribution is -0.113. The predicted molar refractivity (Wildman–Crippen MR) is 120 cm³/mol. The van der Waals surface area contributed by atoms with Crippen molar-refractivity contribution in [2.45, 2.75) is 18.2 Å². The maximum Gasteiger partial charge on any atom is 0.234 e. The Morgan fingerprint density at radius 2 is 1.97 bits per heavy atom. The number of rotatable bonds is 7. The van der Waals surface area contributed by atoms with Crippen LogP contribution >= 0.6 is 50.9 Å². The predicted octanol–water partition coefficient (Wildman–Crippen LogP) is 5.76. The van der Waals surface area contributed by atoms with Gasteiger partial charge in [0, 0.05) is 11.5 Å². The first-order chi connectivity index (χ1) is 13.8. The number of nitrogens with one attached hydrogen (secondary N) is 1. The summed E-state index contributed by atoms with van der Waals surface area (Å²) in [5, 5.41) is 12.4. The molecular weight excluding hydrogens is 499 g/mol. The van der Waals surface area contributed by atoms with E-state index in [4.69, 9.17) is 27.9 Å². The summed E-state index contributed by atoms with van der Waals surface area (Å²) in [4.78, 5) is 12.3. The van der Waals surface area contributed by atoms with Gasteiger partial charge in [-0.15, -0.1) is 10.2 Å². The maximum atomic E-state index is 12.3.